The van der Waals surface area contributed by atoms with Crippen LogP contribution in [0.4, 0.5) is 15.2 Å². The van der Waals surface area contributed by atoms with Gasteiger partial charge in [0.1, 0.15) is 5.82 Å². The molecule has 2 heterocycles. The van der Waals surface area contributed by atoms with Crippen molar-refractivity contribution in [3.8, 4) is 11.5 Å². The van der Waals surface area contributed by atoms with Crippen molar-refractivity contribution in [1.82, 2.24) is 4.98 Å². The number of halogens is 1. The number of thioether (sulfide) groups is 1. The van der Waals surface area contributed by atoms with Crippen LogP contribution in [0.25, 0.3) is 0 Å². The van der Waals surface area contributed by atoms with Crippen LogP contribution in [0.3, 0.4) is 0 Å². The van der Waals surface area contributed by atoms with Crippen molar-refractivity contribution in [3.05, 3.63) is 59.4 Å². The first-order chi connectivity index (χ1) is 14.1. The Kier molecular flexibility index (Phi) is 6.01. The van der Waals surface area contributed by atoms with Crippen LogP contribution >= 0.6 is 23.1 Å². The second-order valence-corrected chi connectivity index (χ2v) is 8.26. The van der Waals surface area contributed by atoms with E-state index < -0.39 is 5.82 Å². The van der Waals surface area contributed by atoms with Crippen LogP contribution in [0.5, 0.6) is 11.5 Å². The van der Waals surface area contributed by atoms with Gasteiger partial charge in [0, 0.05) is 29.4 Å². The fraction of sp³-hybridized carbons (Fsp3) is 0.238. The summed E-state index contributed by atoms with van der Waals surface area (Å²) in [5, 5.41) is 2.35. The molecule has 0 saturated heterocycles. The van der Waals surface area contributed by atoms with Crippen LogP contribution in [-0.2, 0) is 10.5 Å². The number of amides is 1. The minimum atomic E-state index is -0.457. The Morgan fingerprint density at radius 1 is 1.21 bits per heavy atom. The van der Waals surface area contributed by atoms with Crippen molar-refractivity contribution >= 4 is 39.8 Å². The van der Waals surface area contributed by atoms with E-state index in [1.807, 2.05) is 23.6 Å². The van der Waals surface area contributed by atoms with E-state index in [9.17, 15) is 9.18 Å². The molecule has 0 unspecified atom stereocenters. The Balaban J connectivity index is 1.48. The largest absolute Gasteiger partial charge is 0.490 e. The van der Waals surface area contributed by atoms with Crippen LogP contribution in [0.2, 0.25) is 0 Å². The molecule has 8 heteroatoms. The number of hydrogen-bond donors (Lipinski definition) is 0. The number of aromatic nitrogens is 1. The molecular weight excluding hydrogens is 411 g/mol. The monoisotopic (exact) mass is 430 g/mol. The number of carbonyl (C=O) groups excluding carboxylic acids is 1. The van der Waals surface area contributed by atoms with Crippen LogP contribution in [0.1, 0.15) is 19.0 Å². The minimum absolute atomic E-state index is 0.205. The first-order valence-electron chi connectivity index (χ1n) is 9.14. The zero-order chi connectivity index (χ0) is 20.2. The van der Waals surface area contributed by atoms with Gasteiger partial charge in [-0.15, -0.1) is 23.1 Å². The average molecular weight is 431 g/mol. The maximum atomic E-state index is 14.2. The van der Waals surface area contributed by atoms with Crippen molar-refractivity contribution < 1.29 is 18.7 Å². The lowest BCUT2D eigenvalue weighted by atomic mass is 10.3. The molecule has 0 atom stereocenters. The number of ether oxygens (including phenoxy) is 2. The van der Waals surface area contributed by atoms with Gasteiger partial charge in [0.25, 0.3) is 0 Å². The highest BCUT2D eigenvalue weighted by Crippen LogP contribution is 2.36. The van der Waals surface area contributed by atoms with E-state index in [1.54, 1.807) is 30.0 Å². The summed E-state index contributed by atoms with van der Waals surface area (Å²) < 4.78 is 25.6. The number of fused-ring (bicyclic) bond motifs is 1. The summed E-state index contributed by atoms with van der Waals surface area (Å²) in [6.45, 7) is 2.71. The third-order valence-electron chi connectivity index (χ3n) is 4.24. The van der Waals surface area contributed by atoms with E-state index in [0.29, 0.717) is 24.1 Å². The van der Waals surface area contributed by atoms with E-state index in [0.717, 1.165) is 28.5 Å². The second-order valence-electron chi connectivity index (χ2n) is 6.37. The van der Waals surface area contributed by atoms with Crippen molar-refractivity contribution in [3.63, 3.8) is 0 Å². The lowest BCUT2D eigenvalue weighted by Crippen LogP contribution is -2.23. The number of carbonyl (C=O) groups is 1. The Labute approximate surface area is 176 Å². The molecular formula is C21H19FN2O3S2. The molecule has 0 aliphatic carbocycles. The third kappa shape index (κ3) is 4.54. The molecule has 1 amide bonds. The fourth-order valence-electron chi connectivity index (χ4n) is 2.90. The van der Waals surface area contributed by atoms with Crippen molar-refractivity contribution in [2.75, 3.05) is 18.1 Å². The average Bonchev–Trinajstić information content (AvgIpc) is 3.04. The maximum absolute atomic E-state index is 14.2. The Bertz CT molecular complexity index is 1020. The predicted molar refractivity (Wildman–Crippen MR) is 113 cm³/mol. The van der Waals surface area contributed by atoms with Gasteiger partial charge in [0.2, 0.25) is 5.91 Å². The molecule has 4 rings (SSSR count). The Morgan fingerprint density at radius 2 is 2.00 bits per heavy atom. The summed E-state index contributed by atoms with van der Waals surface area (Å²) in [7, 11) is 0. The molecule has 29 heavy (non-hydrogen) atoms. The van der Waals surface area contributed by atoms with Crippen LogP contribution < -0.4 is 14.4 Å². The summed E-state index contributed by atoms with van der Waals surface area (Å²) in [6.07, 6.45) is 0.868. The lowest BCUT2D eigenvalue weighted by Gasteiger charge is -2.18. The predicted octanol–water partition coefficient (Wildman–Crippen LogP) is 5.42. The number of thiazole rings is 1. The Hall–Kier alpha value is -2.58. The standard InChI is InChI=1S/C21H19FN2O3S2/c1-14(25)24(18-6-3-2-5-17(18)22)21-23-15(13-29-21)12-28-16-7-8-19-20(11-16)27-10-4-9-26-19/h2-3,5-8,11,13H,4,9-10,12H2,1H3. The van der Waals surface area contributed by atoms with E-state index >= 15 is 0 Å². The highest BCUT2D eigenvalue weighted by atomic mass is 32.2. The number of hydrogen-bond acceptors (Lipinski definition) is 6. The molecule has 3 aromatic rings. The molecule has 0 spiro atoms. The molecule has 0 N–H and O–H groups in total. The molecule has 0 bridgehead atoms. The van der Waals surface area contributed by atoms with Crippen molar-refractivity contribution in [1.29, 1.82) is 0 Å². The first kappa shape index (κ1) is 19.7. The number of anilines is 2. The Morgan fingerprint density at radius 3 is 2.79 bits per heavy atom. The summed E-state index contributed by atoms with van der Waals surface area (Å²) in [5.74, 6) is 1.41. The lowest BCUT2D eigenvalue weighted by molar-refractivity contribution is -0.115. The summed E-state index contributed by atoms with van der Waals surface area (Å²) in [5.41, 5.74) is 1.03. The van der Waals surface area contributed by atoms with Crippen LogP contribution in [-0.4, -0.2) is 24.1 Å². The van der Waals surface area contributed by atoms with Gasteiger partial charge < -0.3 is 9.47 Å². The molecule has 0 fully saturated rings. The van der Waals surface area contributed by atoms with Gasteiger partial charge in [-0.25, -0.2) is 9.37 Å². The summed E-state index contributed by atoms with van der Waals surface area (Å²) in [6, 6.07) is 12.1. The smallest absolute Gasteiger partial charge is 0.230 e. The first-order valence-corrected chi connectivity index (χ1v) is 11.0. The maximum Gasteiger partial charge on any atom is 0.230 e. The second kappa shape index (κ2) is 8.84. The summed E-state index contributed by atoms with van der Waals surface area (Å²) >= 11 is 2.94. The molecule has 1 aromatic heterocycles. The zero-order valence-corrected chi connectivity index (χ0v) is 17.4. The molecule has 0 saturated carbocycles. The van der Waals surface area contributed by atoms with E-state index in [-0.39, 0.29) is 11.6 Å². The number of para-hydroxylation sites is 1. The quantitative estimate of drug-likeness (QED) is 0.506. The van der Waals surface area contributed by atoms with Gasteiger partial charge in [-0.3, -0.25) is 9.69 Å². The zero-order valence-electron chi connectivity index (χ0n) is 15.8. The minimum Gasteiger partial charge on any atom is -0.490 e. The van der Waals surface area contributed by atoms with Crippen molar-refractivity contribution in [2.45, 2.75) is 24.0 Å². The van der Waals surface area contributed by atoms with Crippen LogP contribution in [0, 0.1) is 5.82 Å². The third-order valence-corrected chi connectivity index (χ3v) is 6.15. The molecule has 1 aliphatic rings. The normalized spacial score (nSPS) is 13.0. The number of nitrogens with zero attached hydrogens (tertiary/aromatic N) is 2. The van der Waals surface area contributed by atoms with E-state index in [4.69, 9.17) is 9.47 Å². The SMILES string of the molecule is CC(=O)N(c1nc(CSc2ccc3c(c2)OCCCO3)cs1)c1ccccc1F. The molecule has 1 aliphatic heterocycles. The highest BCUT2D eigenvalue weighted by molar-refractivity contribution is 7.98. The van der Waals surface area contributed by atoms with Gasteiger partial charge in [-0.05, 0) is 30.3 Å². The molecule has 5 nitrogen and oxygen atoms in total. The van der Waals surface area contributed by atoms with Gasteiger partial charge in [-0.1, -0.05) is 12.1 Å². The van der Waals surface area contributed by atoms with Gasteiger partial charge in [0.15, 0.2) is 16.6 Å². The topological polar surface area (TPSA) is 51.7 Å². The molecule has 0 radical (unpaired) electrons. The van der Waals surface area contributed by atoms with Crippen LogP contribution in [0.15, 0.2) is 52.7 Å². The molecule has 150 valence electrons. The fourth-order valence-corrected chi connectivity index (χ4v) is 4.70. The van der Waals surface area contributed by atoms with Gasteiger partial charge in [-0.2, -0.15) is 0 Å². The number of rotatable bonds is 5. The summed E-state index contributed by atoms with van der Waals surface area (Å²) in [4.78, 5) is 19.0. The van der Waals surface area contributed by atoms with E-state index in [2.05, 4.69) is 4.98 Å². The van der Waals surface area contributed by atoms with Crippen molar-refractivity contribution in [2.24, 2.45) is 0 Å². The van der Waals surface area contributed by atoms with Gasteiger partial charge in [0.05, 0.1) is 24.6 Å². The highest BCUT2D eigenvalue weighted by Gasteiger charge is 2.21. The molecule has 2 aromatic carbocycles. The van der Waals surface area contributed by atoms with E-state index in [1.165, 1.54) is 29.2 Å². The number of benzene rings is 2. The van der Waals surface area contributed by atoms with Gasteiger partial charge >= 0.3 is 0 Å².